The largest absolute Gasteiger partial charge is 0.497 e. The molecule has 0 bridgehead atoms. The summed E-state index contributed by atoms with van der Waals surface area (Å²) in [4.78, 5) is 29.8. The van der Waals surface area contributed by atoms with Gasteiger partial charge in [0.1, 0.15) is 11.3 Å². The van der Waals surface area contributed by atoms with Gasteiger partial charge in [-0.15, -0.1) is 0 Å². The minimum absolute atomic E-state index is 0.0640. The third-order valence-electron chi connectivity index (χ3n) is 6.85. The van der Waals surface area contributed by atoms with Crippen molar-refractivity contribution in [1.29, 1.82) is 0 Å². The Morgan fingerprint density at radius 1 is 1.17 bits per heavy atom. The number of piperidine rings is 1. The molecular formula is C22H31N3O3S. The number of nitrogens with one attached hydrogen (secondary N) is 1. The van der Waals surface area contributed by atoms with Gasteiger partial charge in [-0.05, 0) is 75.1 Å². The summed E-state index contributed by atoms with van der Waals surface area (Å²) in [7, 11) is 1.64. The first-order chi connectivity index (χ1) is 14.0. The van der Waals surface area contributed by atoms with Crippen molar-refractivity contribution in [3.05, 3.63) is 29.8 Å². The van der Waals surface area contributed by atoms with Gasteiger partial charge in [-0.3, -0.25) is 14.6 Å². The lowest BCUT2D eigenvalue weighted by molar-refractivity contribution is -0.133. The minimum atomic E-state index is -0.770. The monoisotopic (exact) mass is 417 g/mol. The summed E-state index contributed by atoms with van der Waals surface area (Å²) in [5, 5.41) is 3.03. The van der Waals surface area contributed by atoms with Crippen molar-refractivity contribution in [3.63, 3.8) is 0 Å². The smallest absolute Gasteiger partial charge is 0.325 e. The van der Waals surface area contributed by atoms with E-state index in [1.807, 2.05) is 43.0 Å². The summed E-state index contributed by atoms with van der Waals surface area (Å²) in [6.45, 7) is 4.39. The van der Waals surface area contributed by atoms with Gasteiger partial charge in [0.15, 0.2) is 0 Å². The van der Waals surface area contributed by atoms with Crippen LogP contribution in [0.4, 0.5) is 4.79 Å². The van der Waals surface area contributed by atoms with Crippen LogP contribution in [0, 0.1) is 5.92 Å². The second kappa shape index (κ2) is 8.56. The average Bonchev–Trinajstić information content (AvgIpc) is 3.35. The Balaban J connectivity index is 1.35. The number of carbonyl (C=O) groups excluding carboxylic acids is 2. The van der Waals surface area contributed by atoms with E-state index < -0.39 is 5.54 Å². The van der Waals surface area contributed by atoms with Gasteiger partial charge in [0.2, 0.25) is 0 Å². The number of thioether (sulfide) groups is 1. The maximum Gasteiger partial charge on any atom is 0.325 e. The standard InChI is InChI=1S/C22H31N3O3S/c1-22(17-8-11-24(12-9-17)18-10-14-29-15-18)20(26)25(21(27)23-22)13-7-16-3-5-19(28-2)6-4-16/h3-6,17-18H,7-15H2,1-2H3,(H,23,27)/t18-,22+/m1/s1. The Morgan fingerprint density at radius 2 is 1.90 bits per heavy atom. The first kappa shape index (κ1) is 20.5. The van der Waals surface area contributed by atoms with Crippen LogP contribution in [0.5, 0.6) is 5.75 Å². The Morgan fingerprint density at radius 3 is 2.52 bits per heavy atom. The third-order valence-corrected chi connectivity index (χ3v) is 8.00. The highest BCUT2D eigenvalue weighted by molar-refractivity contribution is 7.99. The number of carbonyl (C=O) groups is 2. The van der Waals surface area contributed by atoms with E-state index in [1.54, 1.807) is 7.11 Å². The third kappa shape index (κ3) is 4.12. The molecule has 3 saturated heterocycles. The zero-order valence-corrected chi connectivity index (χ0v) is 18.2. The van der Waals surface area contributed by atoms with Crippen molar-refractivity contribution < 1.29 is 14.3 Å². The zero-order chi connectivity index (χ0) is 20.4. The highest BCUT2D eigenvalue weighted by Gasteiger charge is 2.52. The second-order valence-electron chi connectivity index (χ2n) is 8.52. The Hall–Kier alpha value is -1.73. The predicted molar refractivity (Wildman–Crippen MR) is 115 cm³/mol. The van der Waals surface area contributed by atoms with Crippen LogP contribution in [0.3, 0.4) is 0 Å². The van der Waals surface area contributed by atoms with Gasteiger partial charge >= 0.3 is 6.03 Å². The molecule has 1 N–H and O–H groups in total. The van der Waals surface area contributed by atoms with Gasteiger partial charge in [-0.2, -0.15) is 11.8 Å². The number of likely N-dealkylation sites (tertiary alicyclic amines) is 1. The first-order valence-electron chi connectivity index (χ1n) is 10.6. The van der Waals surface area contributed by atoms with Crippen LogP contribution in [-0.4, -0.2) is 71.6 Å². The van der Waals surface area contributed by atoms with Crippen molar-refractivity contribution in [3.8, 4) is 5.75 Å². The molecule has 7 heteroatoms. The maximum absolute atomic E-state index is 13.2. The quantitative estimate of drug-likeness (QED) is 0.721. The molecule has 1 aromatic carbocycles. The van der Waals surface area contributed by atoms with E-state index in [9.17, 15) is 9.59 Å². The molecule has 158 valence electrons. The number of urea groups is 1. The van der Waals surface area contributed by atoms with Gasteiger partial charge in [0.25, 0.3) is 5.91 Å². The van der Waals surface area contributed by atoms with Gasteiger partial charge < -0.3 is 10.1 Å². The Bertz CT molecular complexity index is 742. The lowest BCUT2D eigenvalue weighted by atomic mass is 9.78. The van der Waals surface area contributed by atoms with E-state index in [0.717, 1.165) is 37.2 Å². The Labute approximate surface area is 177 Å². The van der Waals surface area contributed by atoms with Gasteiger partial charge in [0, 0.05) is 18.3 Å². The molecule has 4 rings (SSSR count). The van der Waals surface area contributed by atoms with Gasteiger partial charge in [-0.1, -0.05) is 12.1 Å². The highest BCUT2D eigenvalue weighted by Crippen LogP contribution is 2.35. The van der Waals surface area contributed by atoms with Crippen molar-refractivity contribution >= 4 is 23.7 Å². The highest BCUT2D eigenvalue weighted by atomic mass is 32.2. The molecule has 1 aromatic rings. The van der Waals surface area contributed by atoms with Crippen LogP contribution in [-0.2, 0) is 11.2 Å². The summed E-state index contributed by atoms with van der Waals surface area (Å²) in [6, 6.07) is 8.22. The number of hydrogen-bond acceptors (Lipinski definition) is 5. The van der Waals surface area contributed by atoms with E-state index in [1.165, 1.54) is 22.8 Å². The number of methoxy groups -OCH3 is 1. The van der Waals surface area contributed by atoms with E-state index in [4.69, 9.17) is 4.74 Å². The molecule has 2 atom stereocenters. The fourth-order valence-corrected chi connectivity index (χ4v) is 6.14. The minimum Gasteiger partial charge on any atom is -0.497 e. The van der Waals surface area contributed by atoms with Crippen LogP contribution in [0.1, 0.15) is 31.7 Å². The van der Waals surface area contributed by atoms with Crippen molar-refractivity contribution in [2.24, 2.45) is 5.92 Å². The molecule has 0 aliphatic carbocycles. The van der Waals surface area contributed by atoms with Crippen LogP contribution in [0.2, 0.25) is 0 Å². The molecule has 29 heavy (non-hydrogen) atoms. The second-order valence-corrected chi connectivity index (χ2v) is 9.66. The van der Waals surface area contributed by atoms with Crippen molar-refractivity contribution in [2.45, 2.75) is 44.2 Å². The number of ether oxygens (including phenoxy) is 1. The number of hydrogen-bond donors (Lipinski definition) is 1. The van der Waals surface area contributed by atoms with Gasteiger partial charge in [-0.25, -0.2) is 4.79 Å². The lowest BCUT2D eigenvalue weighted by Gasteiger charge is -2.41. The fourth-order valence-electron chi connectivity index (χ4n) is 4.88. The van der Waals surface area contributed by atoms with Crippen molar-refractivity contribution in [2.75, 3.05) is 38.2 Å². The summed E-state index contributed by atoms with van der Waals surface area (Å²) in [5.41, 5.74) is 0.316. The molecule has 3 heterocycles. The average molecular weight is 418 g/mol. The lowest BCUT2D eigenvalue weighted by Crippen LogP contribution is -2.55. The fraction of sp³-hybridized carbons (Fsp3) is 0.636. The summed E-state index contributed by atoms with van der Waals surface area (Å²) >= 11 is 2.04. The molecule has 3 aliphatic heterocycles. The Kier molecular flexibility index (Phi) is 6.06. The number of nitrogens with zero attached hydrogens (tertiary/aromatic N) is 2. The molecule has 3 amide bonds. The van der Waals surface area contributed by atoms with E-state index in [-0.39, 0.29) is 17.9 Å². The molecule has 6 nitrogen and oxygen atoms in total. The van der Waals surface area contributed by atoms with E-state index >= 15 is 0 Å². The summed E-state index contributed by atoms with van der Waals surface area (Å²) in [5.74, 6) is 3.44. The molecule has 3 fully saturated rings. The molecule has 3 aliphatic rings. The maximum atomic E-state index is 13.2. The van der Waals surface area contributed by atoms with Crippen LogP contribution < -0.4 is 10.1 Å². The number of benzene rings is 1. The molecule has 0 aromatic heterocycles. The summed E-state index contributed by atoms with van der Waals surface area (Å²) < 4.78 is 5.18. The number of rotatable bonds is 6. The number of amides is 3. The SMILES string of the molecule is COc1ccc(CCN2C(=O)N[C@@](C)(C3CCN([C@@H]4CCSC4)CC3)C2=O)cc1. The molecular weight excluding hydrogens is 386 g/mol. The van der Waals surface area contributed by atoms with E-state index in [2.05, 4.69) is 10.2 Å². The zero-order valence-electron chi connectivity index (χ0n) is 17.4. The van der Waals surface area contributed by atoms with Gasteiger partial charge in [0.05, 0.1) is 7.11 Å². The summed E-state index contributed by atoms with van der Waals surface area (Å²) in [6.07, 6.45) is 3.87. The molecule has 0 radical (unpaired) electrons. The number of imide groups is 1. The predicted octanol–water partition coefficient (Wildman–Crippen LogP) is 2.77. The normalized spacial score (nSPS) is 28.8. The topological polar surface area (TPSA) is 61.9 Å². The molecule has 0 spiro atoms. The molecule has 0 unspecified atom stereocenters. The van der Waals surface area contributed by atoms with Crippen LogP contribution >= 0.6 is 11.8 Å². The van der Waals surface area contributed by atoms with Crippen molar-refractivity contribution in [1.82, 2.24) is 15.1 Å². The first-order valence-corrected chi connectivity index (χ1v) is 11.8. The molecule has 0 saturated carbocycles. The van der Waals surface area contributed by atoms with E-state index in [0.29, 0.717) is 19.0 Å². The van der Waals surface area contributed by atoms with Crippen LogP contribution in [0.25, 0.3) is 0 Å². The van der Waals surface area contributed by atoms with Crippen LogP contribution in [0.15, 0.2) is 24.3 Å².